The van der Waals surface area contributed by atoms with E-state index >= 15 is 0 Å². The molecule has 0 radical (unpaired) electrons. The molecule has 0 saturated heterocycles. The molecule has 0 bridgehead atoms. The summed E-state index contributed by atoms with van der Waals surface area (Å²) in [5.74, 6) is 0.868. The number of nitrogens with one attached hydrogen (secondary N) is 1. The first-order valence-electron chi connectivity index (χ1n) is 5.77. The number of anilines is 1. The molecule has 96 valence electrons. The van der Waals surface area contributed by atoms with Crippen molar-refractivity contribution >= 4 is 28.9 Å². The Kier molecular flexibility index (Phi) is 4.44. The first kappa shape index (κ1) is 13.2. The standard InChI is InChI=1S/C12H14Cl2N4/c1-2-6-18-11(16-8-17-18)7-15-12-9(13)4-3-5-10(12)14/h3-5,8,15H,2,6-7H2,1H3. The second-order valence-electron chi connectivity index (χ2n) is 3.85. The van der Waals surface area contributed by atoms with Gasteiger partial charge in [-0.1, -0.05) is 36.2 Å². The van der Waals surface area contributed by atoms with E-state index in [4.69, 9.17) is 23.2 Å². The van der Waals surface area contributed by atoms with E-state index in [-0.39, 0.29) is 0 Å². The lowest BCUT2D eigenvalue weighted by Crippen LogP contribution is -2.10. The minimum absolute atomic E-state index is 0.545. The van der Waals surface area contributed by atoms with Crippen LogP contribution in [0.5, 0.6) is 0 Å². The van der Waals surface area contributed by atoms with Crippen molar-refractivity contribution < 1.29 is 0 Å². The average Bonchev–Trinajstić information content (AvgIpc) is 2.77. The van der Waals surface area contributed by atoms with Gasteiger partial charge in [0, 0.05) is 6.54 Å². The van der Waals surface area contributed by atoms with E-state index in [0.717, 1.165) is 24.5 Å². The third kappa shape index (κ3) is 2.94. The van der Waals surface area contributed by atoms with Crippen LogP contribution in [-0.2, 0) is 13.1 Å². The number of rotatable bonds is 5. The van der Waals surface area contributed by atoms with E-state index in [9.17, 15) is 0 Å². The van der Waals surface area contributed by atoms with E-state index in [2.05, 4.69) is 22.3 Å². The summed E-state index contributed by atoms with van der Waals surface area (Å²) in [4.78, 5) is 4.21. The maximum absolute atomic E-state index is 6.08. The fraction of sp³-hybridized carbons (Fsp3) is 0.333. The maximum Gasteiger partial charge on any atom is 0.146 e. The Bertz CT molecular complexity index is 504. The van der Waals surface area contributed by atoms with Crippen LogP contribution in [0.4, 0.5) is 5.69 Å². The second kappa shape index (κ2) is 6.07. The number of aryl methyl sites for hydroxylation is 1. The highest BCUT2D eigenvalue weighted by atomic mass is 35.5. The zero-order valence-electron chi connectivity index (χ0n) is 10.0. The number of halogens is 2. The highest BCUT2D eigenvalue weighted by Gasteiger charge is 2.07. The summed E-state index contributed by atoms with van der Waals surface area (Å²) in [6, 6.07) is 5.41. The molecule has 18 heavy (non-hydrogen) atoms. The van der Waals surface area contributed by atoms with Gasteiger partial charge >= 0.3 is 0 Å². The molecule has 1 aromatic carbocycles. The number of aromatic nitrogens is 3. The van der Waals surface area contributed by atoms with Gasteiger partial charge < -0.3 is 5.32 Å². The molecule has 1 aromatic heterocycles. The molecule has 0 fully saturated rings. The van der Waals surface area contributed by atoms with Crippen LogP contribution in [0.25, 0.3) is 0 Å². The number of hydrogen-bond acceptors (Lipinski definition) is 3. The maximum atomic E-state index is 6.08. The molecule has 0 saturated carbocycles. The third-order valence-corrected chi connectivity index (χ3v) is 3.15. The molecule has 0 unspecified atom stereocenters. The first-order valence-corrected chi connectivity index (χ1v) is 6.52. The van der Waals surface area contributed by atoms with Gasteiger partial charge in [0.1, 0.15) is 12.2 Å². The van der Waals surface area contributed by atoms with E-state index in [1.165, 1.54) is 0 Å². The predicted molar refractivity (Wildman–Crippen MR) is 74.1 cm³/mol. The molecule has 0 atom stereocenters. The van der Waals surface area contributed by atoms with Crippen molar-refractivity contribution in [1.82, 2.24) is 14.8 Å². The van der Waals surface area contributed by atoms with Crippen molar-refractivity contribution in [2.45, 2.75) is 26.4 Å². The lowest BCUT2D eigenvalue weighted by atomic mass is 10.3. The Morgan fingerprint density at radius 2 is 2.00 bits per heavy atom. The average molecular weight is 285 g/mol. The lowest BCUT2D eigenvalue weighted by Gasteiger charge is -2.10. The van der Waals surface area contributed by atoms with Gasteiger partial charge in [0.2, 0.25) is 0 Å². The SMILES string of the molecule is CCCn1ncnc1CNc1c(Cl)cccc1Cl. The molecular weight excluding hydrogens is 271 g/mol. The molecule has 0 aliphatic rings. The van der Waals surface area contributed by atoms with Crippen LogP contribution in [0, 0.1) is 0 Å². The summed E-state index contributed by atoms with van der Waals surface area (Å²) in [7, 11) is 0. The molecule has 1 N–H and O–H groups in total. The predicted octanol–water partition coefficient (Wildman–Crippen LogP) is 3.61. The van der Waals surface area contributed by atoms with Gasteiger partial charge in [0.25, 0.3) is 0 Å². The second-order valence-corrected chi connectivity index (χ2v) is 4.66. The lowest BCUT2D eigenvalue weighted by molar-refractivity contribution is 0.574. The molecule has 6 heteroatoms. The molecule has 0 aliphatic carbocycles. The number of nitrogens with zero attached hydrogens (tertiary/aromatic N) is 3. The van der Waals surface area contributed by atoms with E-state index in [1.54, 1.807) is 18.5 Å². The Balaban J connectivity index is 2.09. The van der Waals surface area contributed by atoms with Crippen molar-refractivity contribution in [3.05, 3.63) is 40.4 Å². The fourth-order valence-corrected chi connectivity index (χ4v) is 2.19. The van der Waals surface area contributed by atoms with Crippen LogP contribution in [-0.4, -0.2) is 14.8 Å². The molecule has 1 heterocycles. The Hall–Kier alpha value is -1.26. The summed E-state index contributed by atoms with van der Waals surface area (Å²) >= 11 is 12.2. The molecule has 4 nitrogen and oxygen atoms in total. The van der Waals surface area contributed by atoms with Crippen molar-refractivity contribution in [2.24, 2.45) is 0 Å². The van der Waals surface area contributed by atoms with Crippen molar-refractivity contribution in [3.63, 3.8) is 0 Å². The van der Waals surface area contributed by atoms with Crippen LogP contribution in [0.2, 0.25) is 10.0 Å². The van der Waals surface area contributed by atoms with Gasteiger partial charge in [-0.25, -0.2) is 9.67 Å². The smallest absolute Gasteiger partial charge is 0.146 e. The van der Waals surface area contributed by atoms with Gasteiger partial charge in [-0.15, -0.1) is 0 Å². The van der Waals surface area contributed by atoms with Crippen LogP contribution in [0.15, 0.2) is 24.5 Å². The van der Waals surface area contributed by atoms with Crippen LogP contribution >= 0.6 is 23.2 Å². The number of para-hydroxylation sites is 1. The van der Waals surface area contributed by atoms with Crippen LogP contribution in [0.3, 0.4) is 0 Å². The zero-order chi connectivity index (χ0) is 13.0. The Morgan fingerprint density at radius 3 is 2.67 bits per heavy atom. The molecule has 0 amide bonds. The first-order chi connectivity index (χ1) is 8.72. The molecular formula is C12H14Cl2N4. The van der Waals surface area contributed by atoms with Crippen LogP contribution in [0.1, 0.15) is 19.2 Å². The van der Waals surface area contributed by atoms with Gasteiger partial charge in [0.05, 0.1) is 22.3 Å². The Labute approximate surface area is 116 Å². The third-order valence-electron chi connectivity index (χ3n) is 2.52. The minimum Gasteiger partial charge on any atom is -0.375 e. The molecule has 0 aliphatic heterocycles. The van der Waals surface area contributed by atoms with Crippen molar-refractivity contribution in [1.29, 1.82) is 0 Å². The topological polar surface area (TPSA) is 42.7 Å². The largest absolute Gasteiger partial charge is 0.375 e. The minimum atomic E-state index is 0.545. The summed E-state index contributed by atoms with van der Waals surface area (Å²) in [6.07, 6.45) is 2.57. The van der Waals surface area contributed by atoms with E-state index in [1.807, 2.05) is 10.7 Å². The summed E-state index contributed by atoms with van der Waals surface area (Å²) in [5, 5.41) is 8.56. The highest BCUT2D eigenvalue weighted by Crippen LogP contribution is 2.29. The van der Waals surface area contributed by atoms with Crippen molar-refractivity contribution in [3.8, 4) is 0 Å². The van der Waals surface area contributed by atoms with Gasteiger partial charge in [-0.05, 0) is 18.6 Å². The number of benzene rings is 1. The normalized spacial score (nSPS) is 10.6. The fourth-order valence-electron chi connectivity index (χ4n) is 1.66. The van der Waals surface area contributed by atoms with E-state index in [0.29, 0.717) is 16.6 Å². The van der Waals surface area contributed by atoms with E-state index < -0.39 is 0 Å². The highest BCUT2D eigenvalue weighted by molar-refractivity contribution is 6.39. The Morgan fingerprint density at radius 1 is 1.28 bits per heavy atom. The van der Waals surface area contributed by atoms with Crippen molar-refractivity contribution in [2.75, 3.05) is 5.32 Å². The van der Waals surface area contributed by atoms with Gasteiger partial charge in [-0.3, -0.25) is 0 Å². The van der Waals surface area contributed by atoms with Gasteiger partial charge in [0.15, 0.2) is 0 Å². The summed E-state index contributed by atoms with van der Waals surface area (Å²) in [6.45, 7) is 3.50. The summed E-state index contributed by atoms with van der Waals surface area (Å²) in [5.41, 5.74) is 0.729. The zero-order valence-corrected chi connectivity index (χ0v) is 11.5. The monoisotopic (exact) mass is 284 g/mol. The molecule has 2 aromatic rings. The number of hydrogen-bond donors (Lipinski definition) is 1. The molecule has 0 spiro atoms. The molecule has 2 rings (SSSR count). The van der Waals surface area contributed by atoms with Crippen LogP contribution < -0.4 is 5.32 Å². The quantitative estimate of drug-likeness (QED) is 0.912. The van der Waals surface area contributed by atoms with Gasteiger partial charge in [-0.2, -0.15) is 5.10 Å². The summed E-state index contributed by atoms with van der Waals surface area (Å²) < 4.78 is 1.87.